The number of alkyl halides is 3. The fraction of sp³-hybridized carbons (Fsp3) is 0.515. The first kappa shape index (κ1) is 32.9. The molecule has 0 saturated carbocycles. The van der Waals surface area contributed by atoms with Crippen molar-refractivity contribution in [2.75, 3.05) is 13.2 Å². The van der Waals surface area contributed by atoms with Crippen LogP contribution in [0.5, 0.6) is 0 Å². The topological polar surface area (TPSA) is 46.6 Å². The number of amides is 1. The van der Waals surface area contributed by atoms with Crippen LogP contribution >= 0.6 is 0 Å². The highest BCUT2D eigenvalue weighted by Crippen LogP contribution is 2.29. The first-order chi connectivity index (χ1) is 19.2. The van der Waals surface area contributed by atoms with E-state index in [1.54, 1.807) is 6.92 Å². The van der Waals surface area contributed by atoms with Crippen molar-refractivity contribution in [2.45, 2.75) is 97.2 Å². The average molecular weight is 558 g/mol. The van der Waals surface area contributed by atoms with Crippen molar-refractivity contribution in [3.8, 4) is 11.8 Å². The van der Waals surface area contributed by atoms with Gasteiger partial charge in [0.25, 0.3) is 5.91 Å². The summed E-state index contributed by atoms with van der Waals surface area (Å²) in [5, 5.41) is 0. The minimum atomic E-state index is -4.50. The first-order valence-corrected chi connectivity index (χ1v) is 14.4. The van der Waals surface area contributed by atoms with Crippen LogP contribution in [0, 0.1) is 11.8 Å². The quantitative estimate of drug-likeness (QED) is 0.118. The zero-order chi connectivity index (χ0) is 29.2. The molecule has 0 aliphatic carbocycles. The highest BCUT2D eigenvalue weighted by atomic mass is 19.4. The van der Waals surface area contributed by atoms with Crippen LogP contribution < -0.4 is 0 Å². The van der Waals surface area contributed by atoms with Gasteiger partial charge in [0, 0.05) is 24.1 Å². The Kier molecular flexibility index (Phi) is 14.9. The molecule has 2 rings (SSSR count). The zero-order valence-electron chi connectivity index (χ0n) is 23.8. The molecule has 0 radical (unpaired) electrons. The third-order valence-corrected chi connectivity index (χ3v) is 6.59. The zero-order valence-corrected chi connectivity index (χ0v) is 23.8. The Hall–Kier alpha value is -3.27. The second kappa shape index (κ2) is 18.1. The molecule has 0 aliphatic rings. The molecule has 0 bridgehead atoms. The summed E-state index contributed by atoms with van der Waals surface area (Å²) in [5.74, 6) is 5.26. The summed E-state index contributed by atoms with van der Waals surface area (Å²) >= 11 is 0. The van der Waals surface area contributed by atoms with E-state index in [2.05, 4.69) is 18.8 Å². The minimum absolute atomic E-state index is 0.0618. The summed E-state index contributed by atoms with van der Waals surface area (Å²) in [6, 6.07) is 11.4. The third kappa shape index (κ3) is 12.7. The highest BCUT2D eigenvalue weighted by Gasteiger charge is 2.30. The number of rotatable bonds is 16. The molecule has 0 heterocycles. The van der Waals surface area contributed by atoms with Crippen molar-refractivity contribution in [1.29, 1.82) is 0 Å². The maximum Gasteiger partial charge on any atom is 0.416 e. The van der Waals surface area contributed by atoms with E-state index >= 15 is 0 Å². The predicted octanol–water partition coefficient (Wildman–Crippen LogP) is 8.57. The molecular formula is C33H42F3NO3. The van der Waals surface area contributed by atoms with Crippen LogP contribution in [0.15, 0.2) is 48.5 Å². The van der Waals surface area contributed by atoms with Crippen LogP contribution in [-0.2, 0) is 22.3 Å². The Labute approximate surface area is 237 Å². The van der Waals surface area contributed by atoms with Crippen LogP contribution in [0.2, 0.25) is 0 Å². The Morgan fingerprint density at radius 2 is 1.38 bits per heavy atom. The number of unbranched alkanes of at least 4 members (excludes halogenated alkanes) is 10. The van der Waals surface area contributed by atoms with Gasteiger partial charge in [0.15, 0.2) is 0 Å². The van der Waals surface area contributed by atoms with E-state index in [0.717, 1.165) is 48.2 Å². The van der Waals surface area contributed by atoms with Crippen molar-refractivity contribution in [3.05, 3.63) is 70.8 Å². The number of carbonyl (C=O) groups is 2. The maximum atomic E-state index is 13.1. The van der Waals surface area contributed by atoms with Gasteiger partial charge < -0.3 is 9.64 Å². The van der Waals surface area contributed by atoms with Gasteiger partial charge in [0.2, 0.25) is 0 Å². The predicted molar refractivity (Wildman–Crippen MR) is 153 cm³/mol. The van der Waals surface area contributed by atoms with E-state index in [0.29, 0.717) is 0 Å². The lowest BCUT2D eigenvalue weighted by Crippen LogP contribution is -2.36. The molecule has 0 N–H and O–H groups in total. The second-order valence-electron chi connectivity index (χ2n) is 9.97. The normalized spacial score (nSPS) is 11.0. The smallest absolute Gasteiger partial charge is 0.416 e. The standard InChI is InChI=1S/C33H42F3NO3/c1-3-5-6-7-8-9-10-11-12-13-14-15-16-27-17-19-28(20-18-27)25-37(26-31(38)40-4-2)32(39)29-21-23-30(24-22-29)33(34,35)36/h17-24H,3-14,25-26H2,1-2H3. The van der Waals surface area contributed by atoms with E-state index in [9.17, 15) is 22.8 Å². The number of hydrogen-bond acceptors (Lipinski definition) is 3. The lowest BCUT2D eigenvalue weighted by atomic mass is 10.1. The molecule has 2 aromatic rings. The van der Waals surface area contributed by atoms with E-state index in [-0.39, 0.29) is 25.3 Å². The lowest BCUT2D eigenvalue weighted by molar-refractivity contribution is -0.144. The van der Waals surface area contributed by atoms with Crippen molar-refractivity contribution < 1.29 is 27.5 Å². The van der Waals surface area contributed by atoms with Gasteiger partial charge in [0.05, 0.1) is 12.2 Å². The number of ether oxygens (including phenoxy) is 1. The van der Waals surface area contributed by atoms with E-state index in [1.807, 2.05) is 24.3 Å². The Morgan fingerprint density at radius 3 is 1.93 bits per heavy atom. The van der Waals surface area contributed by atoms with Crippen LogP contribution in [0.25, 0.3) is 0 Å². The van der Waals surface area contributed by atoms with Crippen molar-refractivity contribution >= 4 is 11.9 Å². The minimum Gasteiger partial charge on any atom is -0.465 e. The molecule has 0 fully saturated rings. The molecule has 218 valence electrons. The van der Waals surface area contributed by atoms with Crippen molar-refractivity contribution in [3.63, 3.8) is 0 Å². The fourth-order valence-corrected chi connectivity index (χ4v) is 4.33. The van der Waals surface area contributed by atoms with Crippen LogP contribution in [0.4, 0.5) is 13.2 Å². The molecular weight excluding hydrogens is 515 g/mol. The Bertz CT molecular complexity index is 1080. The average Bonchev–Trinajstić information content (AvgIpc) is 2.93. The summed E-state index contributed by atoms with van der Waals surface area (Å²) in [6.07, 6.45) is 9.24. The Morgan fingerprint density at radius 1 is 0.800 bits per heavy atom. The monoisotopic (exact) mass is 557 g/mol. The number of benzene rings is 2. The Balaban J connectivity index is 1.88. The van der Waals surface area contributed by atoms with Crippen molar-refractivity contribution in [1.82, 2.24) is 4.90 Å². The molecule has 0 aromatic heterocycles. The molecule has 0 saturated heterocycles. The molecule has 7 heteroatoms. The van der Waals surface area contributed by atoms with Crippen molar-refractivity contribution in [2.24, 2.45) is 0 Å². The van der Waals surface area contributed by atoms with Gasteiger partial charge in [0.1, 0.15) is 6.54 Å². The lowest BCUT2D eigenvalue weighted by Gasteiger charge is -2.22. The highest BCUT2D eigenvalue weighted by molar-refractivity contribution is 5.96. The molecule has 0 aliphatic heterocycles. The largest absolute Gasteiger partial charge is 0.465 e. The van der Waals surface area contributed by atoms with Crippen LogP contribution in [0.1, 0.15) is 112 Å². The molecule has 1 amide bonds. The van der Waals surface area contributed by atoms with E-state index in [1.165, 1.54) is 62.7 Å². The van der Waals surface area contributed by atoms with Gasteiger partial charge in [-0.05, 0) is 55.3 Å². The van der Waals surface area contributed by atoms with Gasteiger partial charge in [-0.1, -0.05) is 88.7 Å². The molecule has 40 heavy (non-hydrogen) atoms. The summed E-state index contributed by atoms with van der Waals surface area (Å²) in [7, 11) is 0. The van der Waals surface area contributed by atoms with Gasteiger partial charge in [-0.25, -0.2) is 0 Å². The van der Waals surface area contributed by atoms with Gasteiger partial charge in [-0.15, -0.1) is 0 Å². The summed E-state index contributed by atoms with van der Waals surface area (Å²) in [4.78, 5) is 26.5. The first-order valence-electron chi connectivity index (χ1n) is 14.4. The van der Waals surface area contributed by atoms with E-state index < -0.39 is 23.6 Å². The molecule has 2 aromatic carbocycles. The van der Waals surface area contributed by atoms with Gasteiger partial charge >= 0.3 is 12.1 Å². The number of hydrogen-bond donors (Lipinski definition) is 0. The maximum absolute atomic E-state index is 13.1. The summed E-state index contributed by atoms with van der Waals surface area (Å²) in [6.45, 7) is 3.85. The van der Waals surface area contributed by atoms with Crippen LogP contribution in [-0.4, -0.2) is 29.9 Å². The second-order valence-corrected chi connectivity index (χ2v) is 9.97. The summed E-state index contributed by atoms with van der Waals surface area (Å²) < 4.78 is 43.7. The molecule has 0 atom stereocenters. The third-order valence-electron chi connectivity index (χ3n) is 6.59. The summed E-state index contributed by atoms with van der Waals surface area (Å²) in [5.41, 5.74) is 0.851. The van der Waals surface area contributed by atoms with Gasteiger partial charge in [-0.3, -0.25) is 9.59 Å². The molecule has 0 unspecified atom stereocenters. The van der Waals surface area contributed by atoms with Crippen LogP contribution in [0.3, 0.4) is 0 Å². The number of nitrogens with zero attached hydrogens (tertiary/aromatic N) is 1. The molecule has 4 nitrogen and oxygen atoms in total. The fourth-order valence-electron chi connectivity index (χ4n) is 4.33. The van der Waals surface area contributed by atoms with Gasteiger partial charge in [-0.2, -0.15) is 13.2 Å². The number of esters is 1. The number of carbonyl (C=O) groups excluding carboxylic acids is 2. The SMILES string of the molecule is CCCCCCCCCCCCC#Cc1ccc(CN(CC(=O)OCC)C(=O)c2ccc(C(F)(F)F)cc2)cc1. The number of halogens is 3. The van der Waals surface area contributed by atoms with E-state index in [4.69, 9.17) is 4.74 Å². The molecule has 0 spiro atoms.